The number of carbonyl (C=O) groups excluding carboxylic acids is 2. The van der Waals surface area contributed by atoms with Crippen LogP contribution in [0.15, 0.2) is 58.2 Å². The number of ether oxygens (including phenoxy) is 3. The largest absolute Gasteiger partial charge is 0.497 e. The van der Waals surface area contributed by atoms with Crippen molar-refractivity contribution in [1.82, 2.24) is 9.80 Å². The number of hydrogen-bond acceptors (Lipinski definition) is 8. The van der Waals surface area contributed by atoms with Gasteiger partial charge in [0.1, 0.15) is 18.1 Å². The molecule has 1 saturated heterocycles. The normalized spacial score (nSPS) is 19.4. The highest BCUT2D eigenvalue weighted by Gasteiger charge is 2.42. The van der Waals surface area contributed by atoms with Crippen molar-refractivity contribution < 1.29 is 23.8 Å². The standard InChI is InChI=1S/C25H29N3O5S/c1-5-10-33-24(30)22-16(2)26-25-28(18(15-34-25)13-21(29)27-8-6-7-9-27)23(22)17-11-19(31-3)14-20(12-17)32-4/h5,11-12,14-15,23H,1,6-10,13H2,2-4H3/t23-/m1/s1. The fraction of sp³-hybridized carbons (Fsp3) is 0.400. The summed E-state index contributed by atoms with van der Waals surface area (Å²) in [6, 6.07) is 4.96. The van der Waals surface area contributed by atoms with Gasteiger partial charge in [-0.25, -0.2) is 9.79 Å². The zero-order valence-electron chi connectivity index (χ0n) is 19.7. The minimum atomic E-state index is -0.554. The number of likely N-dealkylation sites (tertiary alicyclic amines) is 1. The lowest BCUT2D eigenvalue weighted by Crippen LogP contribution is -2.38. The van der Waals surface area contributed by atoms with Crippen molar-refractivity contribution in [3.8, 4) is 11.5 Å². The van der Waals surface area contributed by atoms with Gasteiger partial charge in [-0.1, -0.05) is 24.4 Å². The summed E-state index contributed by atoms with van der Waals surface area (Å²) in [5.41, 5.74) is 2.55. The second kappa shape index (κ2) is 10.4. The molecule has 9 heteroatoms. The Hall–Kier alpha value is -3.20. The molecule has 3 aliphatic heterocycles. The van der Waals surface area contributed by atoms with Gasteiger partial charge in [0.15, 0.2) is 5.17 Å². The topological polar surface area (TPSA) is 80.7 Å². The van der Waals surface area contributed by atoms with Crippen LogP contribution in [-0.4, -0.2) is 60.8 Å². The molecule has 4 rings (SSSR count). The Morgan fingerprint density at radius 3 is 2.47 bits per heavy atom. The Kier molecular flexibility index (Phi) is 7.31. The van der Waals surface area contributed by atoms with Crippen LogP contribution in [-0.2, 0) is 14.3 Å². The maximum atomic E-state index is 13.2. The fourth-order valence-electron chi connectivity index (χ4n) is 4.38. The van der Waals surface area contributed by atoms with Crippen LogP contribution in [0.1, 0.15) is 37.8 Å². The number of carbonyl (C=O) groups is 2. The molecule has 0 spiro atoms. The van der Waals surface area contributed by atoms with E-state index in [1.807, 2.05) is 27.3 Å². The van der Waals surface area contributed by atoms with Crippen LogP contribution in [0.4, 0.5) is 0 Å². The molecule has 1 amide bonds. The van der Waals surface area contributed by atoms with Gasteiger partial charge in [-0.15, -0.1) is 0 Å². The van der Waals surface area contributed by atoms with Gasteiger partial charge in [0, 0.05) is 24.9 Å². The van der Waals surface area contributed by atoms with E-state index in [0.29, 0.717) is 27.9 Å². The number of thioether (sulfide) groups is 1. The maximum Gasteiger partial charge on any atom is 0.338 e. The van der Waals surface area contributed by atoms with Crippen molar-refractivity contribution >= 4 is 28.8 Å². The molecule has 0 bridgehead atoms. The molecule has 1 aromatic rings. The second-order valence-electron chi connectivity index (χ2n) is 8.19. The molecule has 0 aliphatic carbocycles. The number of allylic oxidation sites excluding steroid dienone is 1. The van der Waals surface area contributed by atoms with Gasteiger partial charge in [0.05, 0.1) is 38.0 Å². The molecule has 0 N–H and O–H groups in total. The predicted octanol–water partition coefficient (Wildman–Crippen LogP) is 4.02. The highest BCUT2D eigenvalue weighted by molar-refractivity contribution is 8.16. The van der Waals surface area contributed by atoms with Crippen molar-refractivity contribution in [3.05, 3.63) is 58.8 Å². The number of amides is 1. The first-order chi connectivity index (χ1) is 16.5. The number of amidine groups is 1. The van der Waals surface area contributed by atoms with Crippen LogP contribution in [0.3, 0.4) is 0 Å². The van der Waals surface area contributed by atoms with Crippen molar-refractivity contribution in [2.24, 2.45) is 4.99 Å². The number of nitrogens with zero attached hydrogens (tertiary/aromatic N) is 3. The monoisotopic (exact) mass is 483 g/mol. The number of fused-ring (bicyclic) bond motifs is 1. The molecular formula is C25H29N3O5S. The number of aliphatic imine (C=N–C) groups is 1. The molecule has 34 heavy (non-hydrogen) atoms. The molecule has 3 aliphatic rings. The van der Waals surface area contributed by atoms with Crippen LogP contribution < -0.4 is 9.47 Å². The first-order valence-corrected chi connectivity index (χ1v) is 12.1. The quantitative estimate of drug-likeness (QED) is 0.408. The molecule has 8 nitrogen and oxygen atoms in total. The van der Waals surface area contributed by atoms with Gasteiger partial charge in [-0.3, -0.25) is 4.79 Å². The lowest BCUT2D eigenvalue weighted by molar-refractivity contribution is -0.138. The van der Waals surface area contributed by atoms with E-state index in [9.17, 15) is 9.59 Å². The van der Waals surface area contributed by atoms with Gasteiger partial charge < -0.3 is 24.0 Å². The number of rotatable bonds is 8. The van der Waals surface area contributed by atoms with Gasteiger partial charge in [-0.2, -0.15) is 0 Å². The summed E-state index contributed by atoms with van der Waals surface area (Å²) in [7, 11) is 3.16. The Morgan fingerprint density at radius 2 is 1.85 bits per heavy atom. The lowest BCUT2D eigenvalue weighted by atomic mass is 9.93. The van der Waals surface area contributed by atoms with E-state index >= 15 is 0 Å². The molecule has 0 saturated carbocycles. The van der Waals surface area contributed by atoms with Crippen molar-refractivity contribution in [1.29, 1.82) is 0 Å². The molecular weight excluding hydrogens is 454 g/mol. The Balaban J connectivity index is 1.77. The number of hydrogen-bond donors (Lipinski definition) is 0. The van der Waals surface area contributed by atoms with Crippen molar-refractivity contribution in [2.45, 2.75) is 32.2 Å². The van der Waals surface area contributed by atoms with Gasteiger partial charge in [-0.05, 0) is 42.9 Å². The zero-order chi connectivity index (χ0) is 24.2. The van der Waals surface area contributed by atoms with Crippen LogP contribution in [0.5, 0.6) is 11.5 Å². The summed E-state index contributed by atoms with van der Waals surface area (Å²) < 4.78 is 16.4. The Morgan fingerprint density at radius 1 is 1.18 bits per heavy atom. The summed E-state index contributed by atoms with van der Waals surface area (Å²) >= 11 is 1.45. The van der Waals surface area contributed by atoms with Crippen molar-refractivity contribution in [2.75, 3.05) is 33.9 Å². The van der Waals surface area contributed by atoms with E-state index in [2.05, 4.69) is 11.6 Å². The van der Waals surface area contributed by atoms with E-state index < -0.39 is 12.0 Å². The highest BCUT2D eigenvalue weighted by atomic mass is 32.2. The molecule has 0 radical (unpaired) electrons. The van der Waals surface area contributed by atoms with Gasteiger partial charge in [0.2, 0.25) is 5.91 Å². The average Bonchev–Trinajstić information content (AvgIpc) is 3.52. The molecule has 0 aromatic heterocycles. The SMILES string of the molecule is C=CCOC(=O)C1=C(C)N=C2SC=C(CC(=O)N3CCCC3)N2[C@@H]1c1cc(OC)cc(OC)c1. The van der Waals surface area contributed by atoms with E-state index in [1.165, 1.54) is 17.8 Å². The highest BCUT2D eigenvalue weighted by Crippen LogP contribution is 2.46. The first-order valence-electron chi connectivity index (χ1n) is 11.2. The summed E-state index contributed by atoms with van der Waals surface area (Å²) in [6.07, 6.45) is 3.82. The van der Waals surface area contributed by atoms with Gasteiger partial charge in [0.25, 0.3) is 0 Å². The molecule has 0 unspecified atom stereocenters. The Bertz CT molecular complexity index is 1070. The third-order valence-electron chi connectivity index (χ3n) is 6.03. The minimum Gasteiger partial charge on any atom is -0.497 e. The smallest absolute Gasteiger partial charge is 0.338 e. The molecule has 3 heterocycles. The fourth-order valence-corrected chi connectivity index (χ4v) is 5.34. The zero-order valence-corrected chi connectivity index (χ0v) is 20.5. The van der Waals surface area contributed by atoms with Crippen LogP contribution in [0.25, 0.3) is 0 Å². The molecule has 1 fully saturated rings. The van der Waals surface area contributed by atoms with Crippen LogP contribution >= 0.6 is 11.8 Å². The molecule has 1 aromatic carbocycles. The molecule has 180 valence electrons. The summed E-state index contributed by atoms with van der Waals surface area (Å²) in [4.78, 5) is 34.7. The summed E-state index contributed by atoms with van der Waals surface area (Å²) in [5.74, 6) is 0.796. The third kappa shape index (κ3) is 4.70. The molecule has 1 atom stereocenters. The third-order valence-corrected chi connectivity index (χ3v) is 6.92. The van der Waals surface area contributed by atoms with E-state index in [4.69, 9.17) is 14.2 Å². The predicted molar refractivity (Wildman–Crippen MR) is 132 cm³/mol. The maximum absolute atomic E-state index is 13.2. The number of methoxy groups -OCH3 is 2. The van der Waals surface area contributed by atoms with Crippen molar-refractivity contribution in [3.63, 3.8) is 0 Å². The van der Waals surface area contributed by atoms with Gasteiger partial charge >= 0.3 is 5.97 Å². The van der Waals surface area contributed by atoms with Crippen LogP contribution in [0, 0.1) is 0 Å². The minimum absolute atomic E-state index is 0.0784. The number of benzene rings is 1. The van der Waals surface area contributed by atoms with E-state index in [1.54, 1.807) is 27.2 Å². The van der Waals surface area contributed by atoms with E-state index in [-0.39, 0.29) is 18.9 Å². The summed E-state index contributed by atoms with van der Waals surface area (Å²) in [5, 5.41) is 2.66. The van der Waals surface area contributed by atoms with E-state index in [0.717, 1.165) is 37.2 Å². The average molecular weight is 484 g/mol. The summed E-state index contributed by atoms with van der Waals surface area (Å²) in [6.45, 7) is 7.10. The van der Waals surface area contributed by atoms with Crippen LogP contribution in [0.2, 0.25) is 0 Å². The Labute approximate surface area is 203 Å². The lowest BCUT2D eigenvalue weighted by Gasteiger charge is -2.36. The number of esters is 1. The second-order valence-corrected chi connectivity index (χ2v) is 9.03. The first kappa shape index (κ1) is 23.9.